The Morgan fingerprint density at radius 1 is 1.15 bits per heavy atom. The van der Waals surface area contributed by atoms with E-state index in [0.29, 0.717) is 17.1 Å². The molecule has 11 heteroatoms. The molecular formula is C22H25ClN4O5S. The van der Waals surface area contributed by atoms with Gasteiger partial charge in [-0.3, -0.25) is 4.79 Å². The summed E-state index contributed by atoms with van der Waals surface area (Å²) in [5.74, 6) is 0.809. The van der Waals surface area contributed by atoms with Crippen molar-refractivity contribution in [3.8, 4) is 11.5 Å². The number of nitrogens with zero attached hydrogens (tertiary/aromatic N) is 2. The van der Waals surface area contributed by atoms with E-state index in [0.717, 1.165) is 11.4 Å². The summed E-state index contributed by atoms with van der Waals surface area (Å²) < 4.78 is 36.3. The zero-order valence-electron chi connectivity index (χ0n) is 18.7. The lowest BCUT2D eigenvalue weighted by molar-refractivity contribution is 0.0949. The molecule has 0 spiro atoms. The van der Waals surface area contributed by atoms with E-state index in [2.05, 4.69) is 10.3 Å². The van der Waals surface area contributed by atoms with Gasteiger partial charge in [-0.2, -0.15) is 0 Å². The molecule has 33 heavy (non-hydrogen) atoms. The van der Waals surface area contributed by atoms with E-state index in [9.17, 15) is 13.2 Å². The normalized spacial score (nSPS) is 11.3. The number of imidazole rings is 1. The fraction of sp³-hybridized carbons (Fsp3) is 0.273. The lowest BCUT2D eigenvalue weighted by atomic mass is 10.2. The van der Waals surface area contributed by atoms with E-state index < -0.39 is 15.9 Å². The molecule has 3 rings (SSSR count). The number of amides is 1. The van der Waals surface area contributed by atoms with E-state index in [1.54, 1.807) is 30.3 Å². The molecule has 0 aliphatic heterocycles. The molecule has 0 unspecified atom stereocenters. The smallest absolute Gasteiger partial charge is 0.253 e. The molecule has 0 saturated heterocycles. The summed E-state index contributed by atoms with van der Waals surface area (Å²) in [4.78, 5) is 17.4. The molecule has 0 atom stereocenters. The van der Waals surface area contributed by atoms with Crippen molar-refractivity contribution in [2.24, 2.45) is 5.14 Å². The quantitative estimate of drug-likeness (QED) is 0.498. The van der Waals surface area contributed by atoms with Crippen molar-refractivity contribution >= 4 is 27.5 Å². The maximum atomic E-state index is 12.8. The molecule has 0 radical (unpaired) electrons. The van der Waals surface area contributed by atoms with Crippen LogP contribution in [0.5, 0.6) is 11.5 Å². The maximum Gasteiger partial charge on any atom is 0.253 e. The van der Waals surface area contributed by atoms with Crippen molar-refractivity contribution in [1.82, 2.24) is 14.9 Å². The van der Waals surface area contributed by atoms with Crippen molar-refractivity contribution in [3.63, 3.8) is 0 Å². The largest absolute Gasteiger partial charge is 0.493 e. The second-order valence-corrected chi connectivity index (χ2v) is 9.19. The van der Waals surface area contributed by atoms with Gasteiger partial charge in [0.2, 0.25) is 10.0 Å². The van der Waals surface area contributed by atoms with Crippen molar-refractivity contribution < 1.29 is 22.7 Å². The number of ether oxygens (including phenoxy) is 2. The van der Waals surface area contributed by atoms with Crippen LogP contribution >= 0.6 is 11.6 Å². The number of primary sulfonamides is 1. The average Bonchev–Trinajstić information content (AvgIpc) is 3.04. The number of halogens is 1. The van der Waals surface area contributed by atoms with Crippen LogP contribution in [0.4, 0.5) is 0 Å². The molecule has 1 amide bonds. The molecule has 0 bridgehead atoms. The molecule has 1 aromatic heterocycles. The van der Waals surface area contributed by atoms with Gasteiger partial charge in [-0.25, -0.2) is 18.5 Å². The third-order valence-electron chi connectivity index (χ3n) is 5.28. The van der Waals surface area contributed by atoms with Gasteiger partial charge in [-0.1, -0.05) is 29.8 Å². The summed E-state index contributed by atoms with van der Waals surface area (Å²) in [5.41, 5.74) is 2.35. The number of aryl methyl sites for hydroxylation is 1. The van der Waals surface area contributed by atoms with Crippen molar-refractivity contribution in [1.29, 1.82) is 0 Å². The van der Waals surface area contributed by atoms with Crippen molar-refractivity contribution in [2.45, 2.75) is 31.8 Å². The number of sulfonamides is 1. The van der Waals surface area contributed by atoms with E-state index >= 15 is 0 Å². The minimum absolute atomic E-state index is 0.0443. The van der Waals surface area contributed by atoms with E-state index in [1.165, 1.54) is 20.3 Å². The number of rotatable bonds is 8. The van der Waals surface area contributed by atoms with Gasteiger partial charge in [0.1, 0.15) is 5.82 Å². The molecule has 176 valence electrons. The first kappa shape index (κ1) is 24.6. The molecule has 0 fully saturated rings. The Kier molecular flexibility index (Phi) is 7.31. The number of benzene rings is 2. The third kappa shape index (κ3) is 5.13. The Balaban J connectivity index is 1.88. The zero-order chi connectivity index (χ0) is 24.3. The number of hydrogen-bond donors (Lipinski definition) is 2. The highest BCUT2D eigenvalue weighted by Crippen LogP contribution is 2.37. The molecule has 2 aromatic carbocycles. The Morgan fingerprint density at radius 2 is 1.85 bits per heavy atom. The molecule has 1 heterocycles. The molecule has 0 saturated carbocycles. The van der Waals surface area contributed by atoms with Gasteiger partial charge in [-0.15, -0.1) is 0 Å². The number of methoxy groups -OCH3 is 2. The van der Waals surface area contributed by atoms with Crippen LogP contribution in [0.15, 0.2) is 41.3 Å². The summed E-state index contributed by atoms with van der Waals surface area (Å²) >= 11 is 6.34. The topological polar surface area (TPSA) is 126 Å². The van der Waals surface area contributed by atoms with Gasteiger partial charge in [0.05, 0.1) is 48.5 Å². The van der Waals surface area contributed by atoms with Crippen LogP contribution in [-0.2, 0) is 23.1 Å². The van der Waals surface area contributed by atoms with E-state index in [1.807, 2.05) is 18.4 Å². The third-order valence-corrected chi connectivity index (χ3v) is 6.67. The number of nitrogens with one attached hydrogen (secondary N) is 1. The van der Waals surface area contributed by atoms with Gasteiger partial charge in [-0.05, 0) is 37.6 Å². The van der Waals surface area contributed by atoms with Gasteiger partial charge >= 0.3 is 0 Å². The number of carbonyl (C=O) groups excluding carboxylic acids is 1. The Labute approximate surface area is 197 Å². The van der Waals surface area contributed by atoms with Crippen LogP contribution < -0.4 is 19.9 Å². The standard InChI is InChI=1S/C22H25ClN4O5S/c1-13-14(2)27(12-15-7-5-6-8-18(15)33(24,29)30)19(26-13)11-25-22(28)16-9-10-17(31-3)21(32-4)20(16)23/h5-10H,11-12H2,1-4H3,(H,25,28)(H2,24,29,30). The van der Waals surface area contributed by atoms with E-state index in [-0.39, 0.29) is 34.3 Å². The van der Waals surface area contributed by atoms with Gasteiger partial charge in [0, 0.05) is 5.69 Å². The van der Waals surface area contributed by atoms with Gasteiger partial charge < -0.3 is 19.4 Å². The van der Waals surface area contributed by atoms with Gasteiger partial charge in [0.15, 0.2) is 11.5 Å². The summed E-state index contributed by atoms with van der Waals surface area (Å²) in [6.07, 6.45) is 0. The average molecular weight is 493 g/mol. The minimum atomic E-state index is -3.89. The van der Waals surface area contributed by atoms with Crippen molar-refractivity contribution in [2.75, 3.05) is 14.2 Å². The lowest BCUT2D eigenvalue weighted by Crippen LogP contribution is -2.25. The Morgan fingerprint density at radius 3 is 2.48 bits per heavy atom. The summed E-state index contributed by atoms with van der Waals surface area (Å²) in [6.45, 7) is 4.03. The summed E-state index contributed by atoms with van der Waals surface area (Å²) in [7, 11) is -0.975. The molecule has 0 aliphatic rings. The van der Waals surface area contributed by atoms with Crippen LogP contribution in [0.1, 0.15) is 33.1 Å². The first-order valence-corrected chi connectivity index (χ1v) is 11.8. The SMILES string of the molecule is COc1ccc(C(=O)NCc2nc(C)c(C)n2Cc2ccccc2S(N)(=O)=O)c(Cl)c1OC. The maximum absolute atomic E-state index is 12.8. The predicted octanol–water partition coefficient (Wildman–Crippen LogP) is 2.80. The number of carbonyl (C=O) groups is 1. The number of nitrogens with two attached hydrogens (primary N) is 1. The second-order valence-electron chi connectivity index (χ2n) is 7.28. The minimum Gasteiger partial charge on any atom is -0.493 e. The molecule has 0 aliphatic carbocycles. The first-order valence-electron chi connectivity index (χ1n) is 9.90. The van der Waals surface area contributed by atoms with Crippen LogP contribution in [0.3, 0.4) is 0 Å². The van der Waals surface area contributed by atoms with Crippen molar-refractivity contribution in [3.05, 3.63) is 69.8 Å². The monoisotopic (exact) mass is 492 g/mol. The lowest BCUT2D eigenvalue weighted by Gasteiger charge is -2.15. The highest BCUT2D eigenvalue weighted by molar-refractivity contribution is 7.89. The highest BCUT2D eigenvalue weighted by atomic mass is 35.5. The summed E-state index contributed by atoms with van der Waals surface area (Å²) in [5, 5.41) is 8.31. The van der Waals surface area contributed by atoms with Crippen LogP contribution in [0, 0.1) is 13.8 Å². The molecular weight excluding hydrogens is 468 g/mol. The second kappa shape index (κ2) is 9.82. The van der Waals surface area contributed by atoms with Gasteiger partial charge in [0.25, 0.3) is 5.91 Å². The first-order chi connectivity index (χ1) is 15.6. The number of aromatic nitrogens is 2. The Bertz CT molecular complexity index is 1300. The molecule has 3 N–H and O–H groups in total. The van der Waals surface area contributed by atoms with Crippen LogP contribution in [0.2, 0.25) is 5.02 Å². The summed E-state index contributed by atoms with van der Waals surface area (Å²) in [6, 6.07) is 9.65. The molecule has 9 nitrogen and oxygen atoms in total. The van der Waals surface area contributed by atoms with Crippen LogP contribution in [0.25, 0.3) is 0 Å². The fourth-order valence-corrected chi connectivity index (χ4v) is 4.56. The Hall–Kier alpha value is -3.08. The zero-order valence-corrected chi connectivity index (χ0v) is 20.2. The molecule has 3 aromatic rings. The predicted molar refractivity (Wildman–Crippen MR) is 124 cm³/mol. The van der Waals surface area contributed by atoms with E-state index in [4.69, 9.17) is 26.2 Å². The fourth-order valence-electron chi connectivity index (χ4n) is 3.47. The highest BCUT2D eigenvalue weighted by Gasteiger charge is 2.20. The number of hydrogen-bond acceptors (Lipinski definition) is 6. The van der Waals surface area contributed by atoms with Crippen LogP contribution in [-0.4, -0.2) is 38.1 Å².